The van der Waals surface area contributed by atoms with Crippen molar-refractivity contribution in [1.82, 2.24) is 0 Å². The Bertz CT molecular complexity index is 149. The number of hydrogen-bond acceptors (Lipinski definition) is 3. The summed E-state index contributed by atoms with van der Waals surface area (Å²) in [6, 6.07) is 0. The molecule has 0 bridgehead atoms. The standard InChI is InChI=1S/C9H20O2SSi/c10-8(4-3-7-12)9(13)5-1-2-6-11-9/h8,10,12H,1-7H2,13H3. The van der Waals surface area contributed by atoms with Gasteiger partial charge < -0.3 is 9.84 Å². The first-order chi connectivity index (χ1) is 6.19. The van der Waals surface area contributed by atoms with Gasteiger partial charge in [-0.05, 0) is 37.9 Å². The zero-order valence-corrected chi connectivity index (χ0v) is 11.2. The predicted octanol–water partition coefficient (Wildman–Crippen LogP) is 0.320. The molecule has 0 radical (unpaired) electrons. The van der Waals surface area contributed by atoms with Crippen LogP contribution in [0.1, 0.15) is 32.1 Å². The first kappa shape index (κ1) is 11.6. The Morgan fingerprint density at radius 2 is 2.31 bits per heavy atom. The van der Waals surface area contributed by atoms with E-state index >= 15 is 0 Å². The van der Waals surface area contributed by atoms with Gasteiger partial charge in [0.2, 0.25) is 0 Å². The first-order valence-electron chi connectivity index (χ1n) is 5.12. The van der Waals surface area contributed by atoms with Crippen LogP contribution in [0.2, 0.25) is 0 Å². The van der Waals surface area contributed by atoms with Crippen LogP contribution in [0.25, 0.3) is 0 Å². The van der Waals surface area contributed by atoms with Crippen molar-refractivity contribution in [2.75, 3.05) is 12.4 Å². The van der Waals surface area contributed by atoms with Gasteiger partial charge in [0.05, 0.1) is 11.3 Å². The summed E-state index contributed by atoms with van der Waals surface area (Å²) < 4.78 is 5.71. The smallest absolute Gasteiger partial charge is 0.0789 e. The van der Waals surface area contributed by atoms with E-state index in [2.05, 4.69) is 12.6 Å². The lowest BCUT2D eigenvalue weighted by Crippen LogP contribution is -2.47. The van der Waals surface area contributed by atoms with Crippen molar-refractivity contribution in [2.45, 2.75) is 43.4 Å². The molecule has 0 aliphatic carbocycles. The molecule has 1 fully saturated rings. The van der Waals surface area contributed by atoms with Crippen LogP contribution >= 0.6 is 12.6 Å². The summed E-state index contributed by atoms with van der Waals surface area (Å²) in [7, 11) is 0.933. The van der Waals surface area contributed by atoms with Gasteiger partial charge in [0.15, 0.2) is 0 Å². The average molecular weight is 220 g/mol. The van der Waals surface area contributed by atoms with Crippen LogP contribution in [0.3, 0.4) is 0 Å². The molecule has 0 amide bonds. The van der Waals surface area contributed by atoms with Gasteiger partial charge in [-0.15, -0.1) is 0 Å². The number of ether oxygens (including phenoxy) is 1. The molecular formula is C9H20O2SSi. The summed E-state index contributed by atoms with van der Waals surface area (Å²) in [6.07, 6.45) is 4.98. The van der Waals surface area contributed by atoms with Crippen LogP contribution < -0.4 is 0 Å². The summed E-state index contributed by atoms with van der Waals surface area (Å²) >= 11 is 4.15. The monoisotopic (exact) mass is 220 g/mol. The van der Waals surface area contributed by atoms with Gasteiger partial charge in [-0.25, -0.2) is 0 Å². The molecule has 0 aromatic heterocycles. The zero-order chi connectivity index (χ0) is 9.73. The van der Waals surface area contributed by atoms with Crippen LogP contribution in [-0.2, 0) is 4.74 Å². The molecule has 1 aliphatic heterocycles. The SMILES string of the molecule is OC(CCCS)C1([SiH3])CCCCO1. The van der Waals surface area contributed by atoms with Crippen LogP contribution in [0, 0.1) is 0 Å². The lowest BCUT2D eigenvalue weighted by Gasteiger charge is -2.38. The van der Waals surface area contributed by atoms with Gasteiger partial charge in [0.1, 0.15) is 0 Å². The van der Waals surface area contributed by atoms with Crippen molar-refractivity contribution >= 4 is 22.9 Å². The van der Waals surface area contributed by atoms with E-state index in [0.717, 1.165) is 48.3 Å². The van der Waals surface area contributed by atoms with E-state index in [4.69, 9.17) is 4.74 Å². The van der Waals surface area contributed by atoms with Gasteiger partial charge in [0, 0.05) is 16.8 Å². The molecule has 0 saturated carbocycles. The molecule has 0 aromatic rings. The molecular weight excluding hydrogens is 200 g/mol. The fraction of sp³-hybridized carbons (Fsp3) is 1.00. The Hall–Kier alpha value is 0.487. The van der Waals surface area contributed by atoms with Crippen molar-refractivity contribution in [1.29, 1.82) is 0 Å². The molecule has 4 heteroatoms. The van der Waals surface area contributed by atoms with Crippen molar-refractivity contribution in [3.63, 3.8) is 0 Å². The van der Waals surface area contributed by atoms with E-state index in [1.54, 1.807) is 0 Å². The van der Waals surface area contributed by atoms with E-state index in [0.29, 0.717) is 0 Å². The summed E-state index contributed by atoms with van der Waals surface area (Å²) in [5.74, 6) is 0.856. The maximum absolute atomic E-state index is 9.94. The second kappa shape index (κ2) is 5.39. The first-order valence-corrected chi connectivity index (χ1v) is 6.75. The Balaban J connectivity index is 2.37. The van der Waals surface area contributed by atoms with Crippen LogP contribution in [-0.4, -0.2) is 39.0 Å². The molecule has 2 nitrogen and oxygen atoms in total. The summed E-state index contributed by atoms with van der Waals surface area (Å²) in [5.41, 5.74) is 0. The normalized spacial score (nSPS) is 31.8. The second-order valence-corrected chi connectivity index (χ2v) is 6.14. The third-order valence-electron chi connectivity index (χ3n) is 2.84. The predicted molar refractivity (Wildman–Crippen MR) is 61.6 cm³/mol. The number of rotatable bonds is 4. The fourth-order valence-electron chi connectivity index (χ4n) is 1.81. The topological polar surface area (TPSA) is 29.5 Å². The van der Waals surface area contributed by atoms with Crippen molar-refractivity contribution in [3.8, 4) is 0 Å². The van der Waals surface area contributed by atoms with E-state index < -0.39 is 0 Å². The molecule has 78 valence electrons. The molecule has 2 atom stereocenters. The highest BCUT2D eigenvalue weighted by Gasteiger charge is 2.34. The lowest BCUT2D eigenvalue weighted by atomic mass is 10.00. The summed E-state index contributed by atoms with van der Waals surface area (Å²) in [4.78, 5) is 0. The lowest BCUT2D eigenvalue weighted by molar-refractivity contribution is -0.0952. The minimum absolute atomic E-state index is 0.152. The molecule has 13 heavy (non-hydrogen) atoms. The Morgan fingerprint density at radius 3 is 2.85 bits per heavy atom. The minimum atomic E-state index is -0.258. The number of aliphatic hydroxyl groups excluding tert-OH is 1. The maximum Gasteiger partial charge on any atom is 0.0789 e. The van der Waals surface area contributed by atoms with Gasteiger partial charge in [-0.3, -0.25) is 0 Å². The van der Waals surface area contributed by atoms with Crippen molar-refractivity contribution in [3.05, 3.63) is 0 Å². The molecule has 2 unspecified atom stereocenters. The van der Waals surface area contributed by atoms with Crippen molar-refractivity contribution < 1.29 is 9.84 Å². The van der Waals surface area contributed by atoms with Gasteiger partial charge in [0.25, 0.3) is 0 Å². The summed E-state index contributed by atoms with van der Waals surface area (Å²) in [5, 5.41) is 9.79. The average Bonchev–Trinajstić information content (AvgIpc) is 2.15. The third-order valence-corrected chi connectivity index (χ3v) is 4.61. The van der Waals surface area contributed by atoms with Crippen LogP contribution in [0.15, 0.2) is 0 Å². The van der Waals surface area contributed by atoms with Crippen LogP contribution in [0.4, 0.5) is 0 Å². The largest absolute Gasteiger partial charge is 0.391 e. The van der Waals surface area contributed by atoms with E-state index in [9.17, 15) is 5.11 Å². The third kappa shape index (κ3) is 3.27. The van der Waals surface area contributed by atoms with Gasteiger partial charge in [-0.2, -0.15) is 12.6 Å². The molecule has 0 spiro atoms. The Labute approximate surface area is 88.9 Å². The molecule has 1 saturated heterocycles. The fourth-order valence-corrected chi connectivity index (χ4v) is 2.84. The van der Waals surface area contributed by atoms with E-state index in [1.807, 2.05) is 0 Å². The van der Waals surface area contributed by atoms with Gasteiger partial charge >= 0.3 is 0 Å². The molecule has 1 aliphatic rings. The van der Waals surface area contributed by atoms with Crippen molar-refractivity contribution in [2.24, 2.45) is 0 Å². The van der Waals surface area contributed by atoms with E-state index in [-0.39, 0.29) is 11.3 Å². The number of aliphatic hydroxyl groups is 1. The van der Waals surface area contributed by atoms with Gasteiger partial charge in [-0.1, -0.05) is 0 Å². The second-order valence-electron chi connectivity index (χ2n) is 4.00. The zero-order valence-electron chi connectivity index (χ0n) is 8.33. The maximum atomic E-state index is 9.94. The molecule has 0 aromatic carbocycles. The van der Waals surface area contributed by atoms with Crippen LogP contribution in [0.5, 0.6) is 0 Å². The molecule has 1 heterocycles. The molecule has 1 rings (SSSR count). The van der Waals surface area contributed by atoms with E-state index in [1.165, 1.54) is 6.42 Å². The highest BCUT2D eigenvalue weighted by atomic mass is 32.1. The highest BCUT2D eigenvalue weighted by molar-refractivity contribution is 7.80. The minimum Gasteiger partial charge on any atom is -0.391 e. The summed E-state index contributed by atoms with van der Waals surface area (Å²) in [6.45, 7) is 0.835. The molecule has 1 N–H and O–H groups in total. The quantitative estimate of drug-likeness (QED) is 0.528. The Morgan fingerprint density at radius 1 is 1.54 bits per heavy atom. The highest BCUT2D eigenvalue weighted by Crippen LogP contribution is 2.27. The number of thiol groups is 1. The number of hydrogen-bond donors (Lipinski definition) is 2. The Kier molecular flexibility index (Phi) is 4.79.